The van der Waals surface area contributed by atoms with Gasteiger partial charge in [0.15, 0.2) is 11.6 Å². The molecule has 0 aliphatic heterocycles. The highest BCUT2D eigenvalue weighted by molar-refractivity contribution is 5.96. The molecule has 0 unspecified atom stereocenters. The Kier molecular flexibility index (Phi) is 3.23. The van der Waals surface area contributed by atoms with E-state index in [0.717, 1.165) is 12.1 Å². The number of rotatable bonds is 3. The summed E-state index contributed by atoms with van der Waals surface area (Å²) < 4.78 is 26.0. The van der Waals surface area contributed by atoms with Crippen LogP contribution < -0.4 is 5.32 Å². The zero-order valence-corrected chi connectivity index (χ0v) is 10.9. The molecule has 0 spiro atoms. The second-order valence-electron chi connectivity index (χ2n) is 5.46. The van der Waals surface area contributed by atoms with Gasteiger partial charge in [-0.3, -0.25) is 9.59 Å². The molecule has 110 valence electrons. The Balaban J connectivity index is 1.80. The highest BCUT2D eigenvalue weighted by Gasteiger charge is 2.51. The molecule has 2 bridgehead atoms. The van der Waals surface area contributed by atoms with Crippen molar-refractivity contribution >= 4 is 17.6 Å². The normalized spacial score (nSPS) is 29.6. The monoisotopic (exact) mass is 293 g/mol. The van der Waals surface area contributed by atoms with Gasteiger partial charge in [0.2, 0.25) is 5.91 Å². The maximum absolute atomic E-state index is 13.1. The number of halogens is 2. The summed E-state index contributed by atoms with van der Waals surface area (Å²) >= 11 is 0. The van der Waals surface area contributed by atoms with Crippen LogP contribution in [-0.4, -0.2) is 17.0 Å². The number of hydrogen-bond donors (Lipinski definition) is 2. The number of carboxylic acid groups (broad SMARTS) is 1. The number of aliphatic carboxylic acids is 1. The largest absolute Gasteiger partial charge is 0.481 e. The van der Waals surface area contributed by atoms with Crippen LogP contribution in [0, 0.1) is 35.3 Å². The first-order valence-electron chi connectivity index (χ1n) is 6.64. The summed E-state index contributed by atoms with van der Waals surface area (Å²) in [6.07, 6.45) is 4.34. The minimum Gasteiger partial charge on any atom is -0.481 e. The molecule has 2 aliphatic carbocycles. The van der Waals surface area contributed by atoms with E-state index in [1.165, 1.54) is 6.07 Å². The second kappa shape index (κ2) is 4.95. The molecule has 1 saturated carbocycles. The fraction of sp³-hybridized carbons (Fsp3) is 0.333. The van der Waals surface area contributed by atoms with Crippen molar-refractivity contribution in [2.24, 2.45) is 23.7 Å². The predicted molar refractivity (Wildman–Crippen MR) is 70.3 cm³/mol. The predicted octanol–water partition coefficient (Wildman–Crippen LogP) is 2.43. The number of benzene rings is 1. The van der Waals surface area contributed by atoms with Crippen molar-refractivity contribution in [3.05, 3.63) is 42.0 Å². The number of anilines is 1. The summed E-state index contributed by atoms with van der Waals surface area (Å²) in [6.45, 7) is 0. The van der Waals surface area contributed by atoms with Gasteiger partial charge in [-0.25, -0.2) is 8.78 Å². The summed E-state index contributed by atoms with van der Waals surface area (Å²) in [5.74, 6) is -5.21. The lowest BCUT2D eigenvalue weighted by molar-refractivity contribution is -0.146. The average Bonchev–Trinajstić information content (AvgIpc) is 3.03. The van der Waals surface area contributed by atoms with Gasteiger partial charge in [-0.2, -0.15) is 0 Å². The van der Waals surface area contributed by atoms with Gasteiger partial charge in [0.05, 0.1) is 11.8 Å². The summed E-state index contributed by atoms with van der Waals surface area (Å²) in [4.78, 5) is 23.6. The molecule has 4 nitrogen and oxygen atoms in total. The van der Waals surface area contributed by atoms with Crippen LogP contribution >= 0.6 is 0 Å². The molecule has 1 fully saturated rings. The number of amides is 1. The Bertz CT molecular complexity index is 644. The van der Waals surface area contributed by atoms with Crippen LogP contribution in [0.1, 0.15) is 6.42 Å². The summed E-state index contributed by atoms with van der Waals surface area (Å²) in [5, 5.41) is 11.8. The van der Waals surface area contributed by atoms with Crippen LogP contribution in [-0.2, 0) is 9.59 Å². The third-order valence-electron chi connectivity index (χ3n) is 4.23. The van der Waals surface area contributed by atoms with Crippen LogP contribution in [0.5, 0.6) is 0 Å². The molecule has 1 aromatic carbocycles. The van der Waals surface area contributed by atoms with Crippen molar-refractivity contribution < 1.29 is 23.5 Å². The highest BCUT2D eigenvalue weighted by Crippen LogP contribution is 2.48. The molecule has 1 amide bonds. The molecule has 2 aliphatic rings. The highest BCUT2D eigenvalue weighted by atomic mass is 19.2. The maximum Gasteiger partial charge on any atom is 0.307 e. The topological polar surface area (TPSA) is 66.4 Å². The zero-order chi connectivity index (χ0) is 15.1. The van der Waals surface area contributed by atoms with Crippen LogP contribution in [0.15, 0.2) is 30.4 Å². The number of allylic oxidation sites excluding steroid dienone is 2. The molecule has 2 N–H and O–H groups in total. The van der Waals surface area contributed by atoms with E-state index < -0.39 is 35.3 Å². The van der Waals surface area contributed by atoms with Gasteiger partial charge >= 0.3 is 5.97 Å². The molecule has 0 aromatic heterocycles. The molecule has 0 heterocycles. The standard InChI is InChI=1S/C15H13F2NO3/c16-10-4-3-9(6-11(10)17)18-14(19)12-7-1-2-8(5-7)13(12)15(20)21/h1-4,6-8,12-13H,5H2,(H,18,19)(H,20,21)/t7-,8+,12+,13+/m1/s1. The number of hydrogen-bond acceptors (Lipinski definition) is 2. The summed E-state index contributed by atoms with van der Waals surface area (Å²) in [5.41, 5.74) is 0.120. The van der Waals surface area contributed by atoms with Gasteiger partial charge in [0.1, 0.15) is 0 Å². The van der Waals surface area contributed by atoms with E-state index in [2.05, 4.69) is 5.32 Å². The lowest BCUT2D eigenvalue weighted by atomic mass is 9.82. The third-order valence-corrected chi connectivity index (χ3v) is 4.23. The molecule has 21 heavy (non-hydrogen) atoms. The zero-order valence-electron chi connectivity index (χ0n) is 10.9. The number of fused-ring (bicyclic) bond motifs is 2. The van der Waals surface area contributed by atoms with Crippen LogP contribution in [0.4, 0.5) is 14.5 Å². The lowest BCUT2D eigenvalue weighted by Gasteiger charge is -2.23. The van der Waals surface area contributed by atoms with Gasteiger partial charge in [0.25, 0.3) is 0 Å². The van der Waals surface area contributed by atoms with E-state index in [-0.39, 0.29) is 17.5 Å². The summed E-state index contributed by atoms with van der Waals surface area (Å²) in [7, 11) is 0. The molecular formula is C15H13F2NO3. The third kappa shape index (κ3) is 2.30. The Hall–Kier alpha value is -2.24. The maximum atomic E-state index is 13.1. The van der Waals surface area contributed by atoms with Crippen molar-refractivity contribution in [2.45, 2.75) is 6.42 Å². The van der Waals surface area contributed by atoms with Crippen molar-refractivity contribution in [3.63, 3.8) is 0 Å². The fourth-order valence-electron chi connectivity index (χ4n) is 3.32. The number of carbonyl (C=O) groups is 2. The van der Waals surface area contributed by atoms with Crippen molar-refractivity contribution in [1.29, 1.82) is 0 Å². The first-order chi connectivity index (χ1) is 9.97. The average molecular weight is 293 g/mol. The van der Waals surface area contributed by atoms with Gasteiger partial charge < -0.3 is 10.4 Å². The quantitative estimate of drug-likeness (QED) is 0.841. The van der Waals surface area contributed by atoms with Gasteiger partial charge in [-0.1, -0.05) is 12.2 Å². The lowest BCUT2D eigenvalue weighted by Crippen LogP contribution is -2.36. The Labute approximate surface area is 119 Å². The summed E-state index contributed by atoms with van der Waals surface area (Å²) in [6, 6.07) is 3.04. The molecular weight excluding hydrogens is 280 g/mol. The second-order valence-corrected chi connectivity index (χ2v) is 5.46. The van der Waals surface area contributed by atoms with Crippen molar-refractivity contribution in [3.8, 4) is 0 Å². The van der Waals surface area contributed by atoms with Crippen LogP contribution in [0.2, 0.25) is 0 Å². The van der Waals surface area contributed by atoms with Crippen LogP contribution in [0.3, 0.4) is 0 Å². The number of carbonyl (C=O) groups excluding carboxylic acids is 1. The molecule has 4 atom stereocenters. The number of nitrogens with one attached hydrogen (secondary N) is 1. The van der Waals surface area contributed by atoms with Gasteiger partial charge in [-0.15, -0.1) is 0 Å². The first-order valence-corrected chi connectivity index (χ1v) is 6.64. The molecule has 0 radical (unpaired) electrons. The van der Waals surface area contributed by atoms with Crippen molar-refractivity contribution in [2.75, 3.05) is 5.32 Å². The van der Waals surface area contributed by atoms with Crippen LogP contribution in [0.25, 0.3) is 0 Å². The number of carboxylic acids is 1. The van der Waals surface area contributed by atoms with Gasteiger partial charge in [-0.05, 0) is 30.4 Å². The SMILES string of the molecule is O=C(Nc1ccc(F)c(F)c1)[C@@H]1[C@@H](C(=O)O)[C@H]2C=C[C@@H]1C2. The van der Waals surface area contributed by atoms with E-state index in [1.54, 1.807) is 0 Å². The van der Waals surface area contributed by atoms with E-state index >= 15 is 0 Å². The first kappa shape index (κ1) is 13.7. The van der Waals surface area contributed by atoms with Crippen molar-refractivity contribution in [1.82, 2.24) is 0 Å². The van der Waals surface area contributed by atoms with E-state index in [1.807, 2.05) is 12.2 Å². The minimum absolute atomic E-state index is 0.110. The van der Waals surface area contributed by atoms with Gasteiger partial charge in [0, 0.05) is 11.8 Å². The molecule has 0 saturated heterocycles. The Morgan fingerprint density at radius 1 is 1.10 bits per heavy atom. The molecule has 1 aromatic rings. The fourth-order valence-corrected chi connectivity index (χ4v) is 3.32. The van der Waals surface area contributed by atoms with E-state index in [0.29, 0.717) is 6.42 Å². The molecule has 3 rings (SSSR count). The molecule has 6 heteroatoms. The van der Waals surface area contributed by atoms with E-state index in [9.17, 15) is 23.5 Å². The van der Waals surface area contributed by atoms with E-state index in [4.69, 9.17) is 0 Å². The Morgan fingerprint density at radius 3 is 2.38 bits per heavy atom. The minimum atomic E-state index is -1.06. The Morgan fingerprint density at radius 2 is 1.76 bits per heavy atom. The smallest absolute Gasteiger partial charge is 0.307 e.